The lowest BCUT2D eigenvalue weighted by Crippen LogP contribution is -2.37. The van der Waals surface area contributed by atoms with Crippen molar-refractivity contribution in [3.05, 3.63) is 90.4 Å². The van der Waals surface area contributed by atoms with Gasteiger partial charge in [0.1, 0.15) is 4.83 Å². The van der Waals surface area contributed by atoms with E-state index in [1.807, 2.05) is 56.3 Å². The second-order valence-corrected chi connectivity index (χ2v) is 16.1. The first kappa shape index (κ1) is 33.2. The monoisotopic (exact) mass is 686 g/mol. The van der Waals surface area contributed by atoms with Gasteiger partial charge in [0, 0.05) is 18.0 Å². The van der Waals surface area contributed by atoms with Gasteiger partial charge in [-0.15, -0.1) is 11.3 Å². The van der Waals surface area contributed by atoms with Gasteiger partial charge in [0.25, 0.3) is 16.7 Å². The Morgan fingerprint density at radius 1 is 1.04 bits per heavy atom. The van der Waals surface area contributed by atoms with Crippen molar-refractivity contribution >= 4 is 68.2 Å². The summed E-state index contributed by atoms with van der Waals surface area (Å²) < 4.78 is 1.65. The van der Waals surface area contributed by atoms with Gasteiger partial charge in [0.15, 0.2) is 5.16 Å². The standard InChI is InChI=1S/C36H38N4O4S3/c1-21-10-15-26(22(2)18-21)40-33(43)30-25-8-6-7-9-27(25)46-31(30)38-34(40)45-20-29(41)37-16-17-39-32(42)28(47-35(39)44)19-23-11-13-24(14-12-23)36(3,4)5/h10-15,18-19H,6-9,16-17,20H2,1-5H3,(H,37,41). The Morgan fingerprint density at radius 2 is 1.79 bits per heavy atom. The maximum atomic E-state index is 14.1. The number of carbonyl (C=O) groups excluding carboxylic acids is 3. The second-order valence-electron chi connectivity index (χ2n) is 13.1. The molecule has 47 heavy (non-hydrogen) atoms. The van der Waals surface area contributed by atoms with E-state index in [1.54, 1.807) is 22.0 Å². The number of aryl methyl sites for hydroxylation is 4. The summed E-state index contributed by atoms with van der Waals surface area (Å²) in [6.07, 6.45) is 5.76. The lowest BCUT2D eigenvalue weighted by molar-refractivity contribution is -0.123. The number of hydrogen-bond acceptors (Lipinski definition) is 8. The molecule has 0 saturated carbocycles. The molecule has 1 aliphatic heterocycles. The number of imide groups is 1. The third kappa shape index (κ3) is 6.98. The van der Waals surface area contributed by atoms with Crippen LogP contribution in [0.25, 0.3) is 22.0 Å². The topological polar surface area (TPSA) is 101 Å². The summed E-state index contributed by atoms with van der Waals surface area (Å²) in [5.41, 5.74) is 5.90. The summed E-state index contributed by atoms with van der Waals surface area (Å²) in [5.74, 6) is -0.610. The smallest absolute Gasteiger partial charge is 0.293 e. The molecule has 4 aromatic rings. The van der Waals surface area contributed by atoms with E-state index < -0.39 is 0 Å². The molecule has 11 heteroatoms. The van der Waals surface area contributed by atoms with Crippen LogP contribution in [0.4, 0.5) is 4.79 Å². The highest BCUT2D eigenvalue weighted by molar-refractivity contribution is 8.18. The maximum Gasteiger partial charge on any atom is 0.293 e. The SMILES string of the molecule is Cc1ccc(-n2c(SCC(=O)NCCN3C(=O)SC(=Cc4ccc(C(C)(C)C)cc4)C3=O)nc3sc4c(c3c2=O)CCCC4)c(C)c1. The highest BCUT2D eigenvalue weighted by Gasteiger charge is 2.34. The van der Waals surface area contributed by atoms with Gasteiger partial charge in [-0.3, -0.25) is 28.6 Å². The summed E-state index contributed by atoms with van der Waals surface area (Å²) in [6, 6.07) is 13.9. The van der Waals surface area contributed by atoms with Crippen molar-refractivity contribution in [2.24, 2.45) is 0 Å². The van der Waals surface area contributed by atoms with Crippen LogP contribution in [0.2, 0.25) is 0 Å². The zero-order chi connectivity index (χ0) is 33.5. The van der Waals surface area contributed by atoms with E-state index in [9.17, 15) is 19.2 Å². The van der Waals surface area contributed by atoms with E-state index in [4.69, 9.17) is 4.98 Å². The summed E-state index contributed by atoms with van der Waals surface area (Å²) in [6.45, 7) is 10.6. The van der Waals surface area contributed by atoms with Crippen LogP contribution in [-0.4, -0.2) is 50.3 Å². The Bertz CT molecular complexity index is 1990. The van der Waals surface area contributed by atoms with E-state index >= 15 is 0 Å². The fourth-order valence-electron chi connectivity index (χ4n) is 5.96. The molecule has 8 nitrogen and oxygen atoms in total. The lowest BCUT2D eigenvalue weighted by atomic mass is 9.87. The number of rotatable bonds is 8. The molecule has 3 amide bonds. The summed E-state index contributed by atoms with van der Waals surface area (Å²) in [7, 11) is 0. The normalized spacial score (nSPS) is 15.9. The Labute approximate surface area is 287 Å². The van der Waals surface area contributed by atoms with Crippen molar-refractivity contribution in [2.75, 3.05) is 18.8 Å². The quantitative estimate of drug-likeness (QED) is 0.119. The van der Waals surface area contributed by atoms with Crippen molar-refractivity contribution in [2.45, 2.75) is 70.9 Å². The first-order valence-electron chi connectivity index (χ1n) is 15.8. The van der Waals surface area contributed by atoms with Crippen molar-refractivity contribution in [3.63, 3.8) is 0 Å². The van der Waals surface area contributed by atoms with E-state index in [0.717, 1.165) is 70.2 Å². The average Bonchev–Trinajstić information content (AvgIpc) is 3.52. The number of aromatic nitrogens is 2. The van der Waals surface area contributed by atoms with Crippen LogP contribution in [0.3, 0.4) is 0 Å². The number of nitrogens with one attached hydrogen (secondary N) is 1. The minimum absolute atomic E-state index is 0.0210. The van der Waals surface area contributed by atoms with Crippen LogP contribution >= 0.6 is 34.9 Å². The molecule has 0 bridgehead atoms. The molecule has 2 aromatic carbocycles. The second kappa shape index (κ2) is 13.4. The molecule has 0 spiro atoms. The van der Waals surface area contributed by atoms with Crippen molar-refractivity contribution in [3.8, 4) is 5.69 Å². The van der Waals surface area contributed by atoms with Crippen molar-refractivity contribution in [1.82, 2.24) is 19.8 Å². The zero-order valence-electron chi connectivity index (χ0n) is 27.3. The van der Waals surface area contributed by atoms with Crippen LogP contribution in [0, 0.1) is 13.8 Å². The van der Waals surface area contributed by atoms with E-state index in [-0.39, 0.29) is 46.9 Å². The van der Waals surface area contributed by atoms with Gasteiger partial charge >= 0.3 is 0 Å². The number of fused-ring (bicyclic) bond motifs is 3. The van der Waals surface area contributed by atoms with Crippen LogP contribution in [-0.2, 0) is 27.8 Å². The molecule has 1 fully saturated rings. The van der Waals surface area contributed by atoms with Crippen molar-refractivity contribution in [1.29, 1.82) is 0 Å². The molecule has 2 aliphatic rings. The molecule has 6 rings (SSSR count). The van der Waals surface area contributed by atoms with Gasteiger partial charge in [0.2, 0.25) is 5.91 Å². The van der Waals surface area contributed by atoms with Gasteiger partial charge in [-0.1, -0.05) is 74.5 Å². The molecule has 0 atom stereocenters. The number of thiophene rings is 1. The molecular weight excluding hydrogens is 649 g/mol. The van der Waals surface area contributed by atoms with E-state index in [1.165, 1.54) is 27.1 Å². The highest BCUT2D eigenvalue weighted by Crippen LogP contribution is 2.36. The summed E-state index contributed by atoms with van der Waals surface area (Å²) in [4.78, 5) is 61.2. The minimum atomic E-state index is -0.364. The Morgan fingerprint density at radius 3 is 2.51 bits per heavy atom. The molecule has 3 heterocycles. The van der Waals surface area contributed by atoms with Gasteiger partial charge in [-0.05, 0) is 91.1 Å². The molecule has 1 aliphatic carbocycles. The number of thioether (sulfide) groups is 2. The number of amides is 3. The largest absolute Gasteiger partial charge is 0.354 e. The molecule has 0 unspecified atom stereocenters. The number of hydrogen-bond donors (Lipinski definition) is 1. The van der Waals surface area contributed by atoms with Gasteiger partial charge in [0.05, 0.1) is 21.7 Å². The van der Waals surface area contributed by atoms with Gasteiger partial charge in [-0.2, -0.15) is 0 Å². The first-order chi connectivity index (χ1) is 22.4. The third-order valence-corrected chi connectivity index (χ3v) is 11.5. The number of benzene rings is 2. The molecule has 1 saturated heterocycles. The Balaban J connectivity index is 1.13. The fraction of sp³-hybridized carbons (Fsp3) is 0.361. The van der Waals surface area contributed by atoms with E-state index in [0.29, 0.717) is 15.4 Å². The molecular formula is C36H38N4O4S3. The summed E-state index contributed by atoms with van der Waals surface area (Å²) in [5, 5.41) is 3.64. The third-order valence-electron chi connectivity index (χ3n) is 8.49. The predicted octanol–water partition coefficient (Wildman–Crippen LogP) is 7.19. The van der Waals surface area contributed by atoms with Gasteiger partial charge in [-0.25, -0.2) is 4.98 Å². The minimum Gasteiger partial charge on any atom is -0.354 e. The average molecular weight is 687 g/mol. The number of nitrogens with zero attached hydrogens (tertiary/aromatic N) is 3. The molecule has 244 valence electrons. The highest BCUT2D eigenvalue weighted by atomic mass is 32.2. The van der Waals surface area contributed by atoms with Crippen LogP contribution in [0.1, 0.15) is 66.3 Å². The first-order valence-corrected chi connectivity index (χ1v) is 18.4. The maximum absolute atomic E-state index is 14.1. The molecule has 2 aromatic heterocycles. The lowest BCUT2D eigenvalue weighted by Gasteiger charge is -2.18. The predicted molar refractivity (Wildman–Crippen MR) is 193 cm³/mol. The van der Waals surface area contributed by atoms with Gasteiger partial charge < -0.3 is 5.32 Å². The molecule has 1 N–H and O–H groups in total. The Hall–Kier alpha value is -3.67. The van der Waals surface area contributed by atoms with Crippen LogP contribution < -0.4 is 10.9 Å². The number of carbonyl (C=O) groups is 3. The molecule has 0 radical (unpaired) electrons. The van der Waals surface area contributed by atoms with Crippen LogP contribution in [0.15, 0.2) is 57.3 Å². The van der Waals surface area contributed by atoms with E-state index in [2.05, 4.69) is 26.1 Å². The summed E-state index contributed by atoms with van der Waals surface area (Å²) >= 11 is 3.71. The fourth-order valence-corrected chi connectivity index (χ4v) is 8.97. The zero-order valence-corrected chi connectivity index (χ0v) is 29.7. The van der Waals surface area contributed by atoms with Crippen molar-refractivity contribution < 1.29 is 14.4 Å². The Kier molecular flexibility index (Phi) is 9.51. The van der Waals surface area contributed by atoms with Crippen LogP contribution in [0.5, 0.6) is 0 Å².